The van der Waals surface area contributed by atoms with Crippen molar-refractivity contribution in [3.8, 4) is 5.75 Å². The maximum absolute atomic E-state index is 12.8. The third-order valence-electron chi connectivity index (χ3n) is 4.69. The van der Waals surface area contributed by atoms with Crippen LogP contribution in [0.1, 0.15) is 22.3 Å². The zero-order valence-electron chi connectivity index (χ0n) is 15.0. The Morgan fingerprint density at radius 2 is 1.65 bits per heavy atom. The van der Waals surface area contributed by atoms with Gasteiger partial charge >= 0.3 is 0 Å². The monoisotopic (exact) mass is 369 g/mol. The van der Waals surface area contributed by atoms with Crippen LogP contribution >= 0.6 is 11.6 Å². The van der Waals surface area contributed by atoms with Gasteiger partial charge in [-0.05, 0) is 54.7 Å². The van der Waals surface area contributed by atoms with E-state index in [2.05, 4.69) is 0 Å². The number of ether oxygens (including phenoxy) is 1. The summed E-state index contributed by atoms with van der Waals surface area (Å²) in [4.78, 5) is 26.5. The molecule has 0 N–H and O–H groups in total. The summed E-state index contributed by atoms with van der Waals surface area (Å²) in [5.74, 6) is -0.000940. The summed E-state index contributed by atoms with van der Waals surface area (Å²) in [7, 11) is 1.61. The van der Waals surface area contributed by atoms with Crippen molar-refractivity contribution in [3.05, 3.63) is 69.8 Å². The van der Waals surface area contributed by atoms with Crippen LogP contribution in [0.4, 0.5) is 0 Å². The summed E-state index contributed by atoms with van der Waals surface area (Å²) in [6, 6.07) is 13.2. The highest BCUT2D eigenvalue weighted by Crippen LogP contribution is 2.32. The number of benzene rings is 2. The number of carbonyl (C=O) groups excluding carboxylic acids is 2. The van der Waals surface area contributed by atoms with Gasteiger partial charge in [-0.2, -0.15) is 0 Å². The number of methoxy groups -OCH3 is 1. The van der Waals surface area contributed by atoms with Crippen LogP contribution in [-0.4, -0.2) is 30.4 Å². The maximum Gasteiger partial charge on any atom is 0.273 e. The lowest BCUT2D eigenvalue weighted by Crippen LogP contribution is -2.33. The number of hydrogen-bond donors (Lipinski definition) is 0. The van der Waals surface area contributed by atoms with Crippen molar-refractivity contribution in [1.29, 1.82) is 0 Å². The van der Waals surface area contributed by atoms with Gasteiger partial charge in [0.1, 0.15) is 10.8 Å². The molecular formula is C21H20ClNO3. The Morgan fingerprint density at radius 1 is 0.962 bits per heavy atom. The molecule has 3 rings (SSSR count). The van der Waals surface area contributed by atoms with Crippen molar-refractivity contribution in [1.82, 2.24) is 4.90 Å². The molecule has 2 amide bonds. The van der Waals surface area contributed by atoms with Gasteiger partial charge in [-0.3, -0.25) is 14.5 Å². The molecule has 0 saturated heterocycles. The lowest BCUT2D eigenvalue weighted by atomic mass is 10.0. The summed E-state index contributed by atoms with van der Waals surface area (Å²) in [6.45, 7) is 4.25. The Bertz CT molecular complexity index is 900. The fourth-order valence-electron chi connectivity index (χ4n) is 2.93. The second kappa shape index (κ2) is 7.34. The minimum Gasteiger partial charge on any atom is -0.497 e. The van der Waals surface area contributed by atoms with E-state index in [9.17, 15) is 9.59 Å². The number of halogens is 1. The molecule has 0 fully saturated rings. The Morgan fingerprint density at radius 3 is 2.27 bits per heavy atom. The fraction of sp³-hybridized carbons (Fsp3) is 0.238. The molecule has 0 bridgehead atoms. The van der Waals surface area contributed by atoms with Crippen LogP contribution in [0, 0.1) is 13.8 Å². The van der Waals surface area contributed by atoms with E-state index in [1.165, 1.54) is 4.90 Å². The van der Waals surface area contributed by atoms with E-state index in [0.29, 0.717) is 12.0 Å². The molecular weight excluding hydrogens is 350 g/mol. The molecule has 4 nitrogen and oxygen atoms in total. The molecule has 5 heteroatoms. The maximum atomic E-state index is 12.8. The number of rotatable bonds is 5. The van der Waals surface area contributed by atoms with Gasteiger partial charge in [0.05, 0.1) is 12.7 Å². The standard InChI is InChI=1S/C21H20ClNO3/c1-13-4-7-16(12-14(13)2)18-19(22)21(25)23(20(18)24)11-10-15-5-8-17(26-3)9-6-15/h4-9,12H,10-11H2,1-3H3. The number of aryl methyl sites for hydroxylation is 2. The minimum atomic E-state index is -0.432. The minimum absolute atomic E-state index is 0.00650. The van der Waals surface area contributed by atoms with Gasteiger partial charge in [-0.1, -0.05) is 41.9 Å². The number of hydrogen-bond acceptors (Lipinski definition) is 3. The van der Waals surface area contributed by atoms with E-state index in [1.807, 2.05) is 56.3 Å². The van der Waals surface area contributed by atoms with Crippen molar-refractivity contribution in [2.45, 2.75) is 20.3 Å². The van der Waals surface area contributed by atoms with Gasteiger partial charge in [0.25, 0.3) is 11.8 Å². The molecule has 0 saturated carbocycles. The Hall–Kier alpha value is -2.59. The Labute approximate surface area is 158 Å². The highest BCUT2D eigenvalue weighted by molar-refractivity contribution is 6.55. The summed E-state index contributed by atoms with van der Waals surface area (Å²) in [5.41, 5.74) is 4.16. The first-order chi connectivity index (χ1) is 12.4. The second-order valence-electron chi connectivity index (χ2n) is 6.35. The predicted molar refractivity (Wildman–Crippen MR) is 102 cm³/mol. The molecule has 0 radical (unpaired) electrons. The van der Waals surface area contributed by atoms with Gasteiger partial charge < -0.3 is 4.74 Å². The van der Waals surface area contributed by atoms with Crippen LogP contribution < -0.4 is 4.74 Å². The summed E-state index contributed by atoms with van der Waals surface area (Å²) in [5, 5.41) is -0.00650. The first kappa shape index (κ1) is 18.2. The van der Waals surface area contributed by atoms with E-state index < -0.39 is 5.91 Å². The molecule has 1 heterocycles. The lowest BCUT2D eigenvalue weighted by Gasteiger charge is -2.15. The third-order valence-corrected chi connectivity index (χ3v) is 5.04. The van der Waals surface area contributed by atoms with Gasteiger partial charge in [0.15, 0.2) is 0 Å². The van der Waals surface area contributed by atoms with E-state index in [-0.39, 0.29) is 23.1 Å². The first-order valence-corrected chi connectivity index (χ1v) is 8.76. The van der Waals surface area contributed by atoms with Crippen molar-refractivity contribution >= 4 is 29.0 Å². The van der Waals surface area contributed by atoms with Crippen molar-refractivity contribution < 1.29 is 14.3 Å². The van der Waals surface area contributed by atoms with Gasteiger partial charge in [0, 0.05) is 6.54 Å². The third kappa shape index (κ3) is 3.37. The fourth-order valence-corrected chi connectivity index (χ4v) is 3.22. The zero-order chi connectivity index (χ0) is 18.8. The molecule has 0 spiro atoms. The Kier molecular flexibility index (Phi) is 5.14. The summed E-state index contributed by atoms with van der Waals surface area (Å²) in [6.07, 6.45) is 0.561. The van der Waals surface area contributed by atoms with Gasteiger partial charge in [-0.25, -0.2) is 0 Å². The van der Waals surface area contributed by atoms with Crippen molar-refractivity contribution in [2.75, 3.05) is 13.7 Å². The van der Waals surface area contributed by atoms with Gasteiger partial charge in [0.2, 0.25) is 0 Å². The molecule has 2 aromatic rings. The van der Waals surface area contributed by atoms with E-state index >= 15 is 0 Å². The SMILES string of the molecule is COc1ccc(CCN2C(=O)C(Cl)=C(c3ccc(C)c(C)c3)C2=O)cc1. The van der Waals surface area contributed by atoms with E-state index in [1.54, 1.807) is 7.11 Å². The molecule has 0 aliphatic carbocycles. The largest absolute Gasteiger partial charge is 0.497 e. The highest BCUT2D eigenvalue weighted by atomic mass is 35.5. The van der Waals surface area contributed by atoms with Crippen LogP contribution in [0.3, 0.4) is 0 Å². The molecule has 0 atom stereocenters. The molecule has 0 unspecified atom stereocenters. The smallest absolute Gasteiger partial charge is 0.273 e. The average Bonchev–Trinajstić information content (AvgIpc) is 2.85. The Balaban J connectivity index is 1.78. The number of imide groups is 1. The molecule has 1 aliphatic rings. The van der Waals surface area contributed by atoms with Crippen LogP contribution in [0.15, 0.2) is 47.5 Å². The quantitative estimate of drug-likeness (QED) is 0.751. The first-order valence-electron chi connectivity index (χ1n) is 8.39. The predicted octanol–water partition coefficient (Wildman–Crippen LogP) is 3.87. The van der Waals surface area contributed by atoms with Crippen molar-refractivity contribution in [3.63, 3.8) is 0 Å². The molecule has 26 heavy (non-hydrogen) atoms. The number of carbonyl (C=O) groups is 2. The highest BCUT2D eigenvalue weighted by Gasteiger charge is 2.37. The zero-order valence-corrected chi connectivity index (χ0v) is 15.8. The van der Waals surface area contributed by atoms with Crippen molar-refractivity contribution in [2.24, 2.45) is 0 Å². The van der Waals surface area contributed by atoms with Crippen LogP contribution in [0.2, 0.25) is 0 Å². The lowest BCUT2D eigenvalue weighted by molar-refractivity contribution is -0.136. The van der Waals surface area contributed by atoms with E-state index in [0.717, 1.165) is 22.4 Å². The van der Waals surface area contributed by atoms with Crippen LogP contribution in [0.25, 0.3) is 5.57 Å². The number of nitrogens with zero attached hydrogens (tertiary/aromatic N) is 1. The number of amides is 2. The van der Waals surface area contributed by atoms with Crippen LogP contribution in [0.5, 0.6) is 5.75 Å². The second-order valence-corrected chi connectivity index (χ2v) is 6.73. The normalized spacial score (nSPS) is 14.4. The molecule has 1 aliphatic heterocycles. The topological polar surface area (TPSA) is 46.6 Å². The summed E-state index contributed by atoms with van der Waals surface area (Å²) >= 11 is 6.22. The summed E-state index contributed by atoms with van der Waals surface area (Å²) < 4.78 is 5.13. The van der Waals surface area contributed by atoms with Crippen LogP contribution in [-0.2, 0) is 16.0 Å². The average molecular weight is 370 g/mol. The van der Waals surface area contributed by atoms with Gasteiger partial charge in [-0.15, -0.1) is 0 Å². The van der Waals surface area contributed by atoms with E-state index in [4.69, 9.17) is 16.3 Å². The molecule has 0 aromatic heterocycles. The molecule has 134 valence electrons. The molecule has 2 aromatic carbocycles.